The summed E-state index contributed by atoms with van der Waals surface area (Å²) in [7, 11) is 0. The molecule has 6 rings (SSSR count). The average Bonchev–Trinajstić information content (AvgIpc) is 3.33. The van der Waals surface area contributed by atoms with Crippen molar-refractivity contribution in [3.63, 3.8) is 0 Å². The lowest BCUT2D eigenvalue weighted by Crippen LogP contribution is -2.41. The van der Waals surface area contributed by atoms with Crippen molar-refractivity contribution in [3.8, 4) is 0 Å². The normalized spacial score (nSPS) is 23.1. The first kappa shape index (κ1) is 15.6. The summed E-state index contributed by atoms with van der Waals surface area (Å²) in [4.78, 5) is 40.0. The van der Waals surface area contributed by atoms with E-state index >= 15 is 0 Å². The Morgan fingerprint density at radius 2 is 1.54 bits per heavy atom. The van der Waals surface area contributed by atoms with Crippen LogP contribution in [0.25, 0.3) is 10.9 Å². The number of carbonyl (C=O) groups is 3. The molecule has 0 fully saturated rings. The number of fused-ring (bicyclic) bond motifs is 5. The Bertz CT molecular complexity index is 1210. The van der Waals surface area contributed by atoms with Crippen molar-refractivity contribution >= 4 is 28.5 Å². The van der Waals surface area contributed by atoms with E-state index < -0.39 is 6.04 Å². The Kier molecular flexibility index (Phi) is 2.94. The molecule has 136 valence electrons. The number of benzene rings is 2. The number of ketones is 1. The fourth-order valence-electron chi connectivity index (χ4n) is 5.01. The number of hydrogen-bond acceptors (Lipinski definition) is 3. The second kappa shape index (κ2) is 5.29. The summed E-state index contributed by atoms with van der Waals surface area (Å²) in [5.74, 6) is -0.630. The second-order valence-corrected chi connectivity index (χ2v) is 7.68. The van der Waals surface area contributed by atoms with Gasteiger partial charge in [0.25, 0.3) is 11.8 Å². The summed E-state index contributed by atoms with van der Waals surface area (Å²) in [6.45, 7) is 0.624. The minimum absolute atomic E-state index is 0.0664. The van der Waals surface area contributed by atoms with Crippen LogP contribution in [0.5, 0.6) is 0 Å². The molecule has 2 aliphatic heterocycles. The maximum absolute atomic E-state index is 13.2. The number of para-hydroxylation sites is 1. The summed E-state index contributed by atoms with van der Waals surface area (Å²) in [5.41, 5.74) is 3.86. The first-order valence-corrected chi connectivity index (χ1v) is 9.42. The highest BCUT2D eigenvalue weighted by Crippen LogP contribution is 2.47. The molecule has 0 unspecified atom stereocenters. The zero-order chi connectivity index (χ0) is 19.0. The Labute approximate surface area is 160 Å². The number of aromatic nitrogens is 1. The molecule has 1 aromatic heterocycles. The topological polar surface area (TPSA) is 59.4 Å². The van der Waals surface area contributed by atoms with Gasteiger partial charge in [0.2, 0.25) is 0 Å². The number of hydrogen-bond donors (Lipinski definition) is 0. The summed E-state index contributed by atoms with van der Waals surface area (Å²) in [5, 5.41) is 1.08. The summed E-state index contributed by atoms with van der Waals surface area (Å²) in [6.07, 6.45) is 2.04. The van der Waals surface area contributed by atoms with E-state index in [-0.39, 0.29) is 23.5 Å². The van der Waals surface area contributed by atoms with Gasteiger partial charge in [-0.1, -0.05) is 30.3 Å². The molecule has 5 heteroatoms. The highest BCUT2D eigenvalue weighted by atomic mass is 16.2. The molecule has 3 aromatic rings. The molecule has 0 N–H and O–H groups in total. The van der Waals surface area contributed by atoms with Gasteiger partial charge in [-0.25, -0.2) is 0 Å². The minimum Gasteiger partial charge on any atom is -0.338 e. The quantitative estimate of drug-likeness (QED) is 0.618. The van der Waals surface area contributed by atoms with Gasteiger partial charge in [0, 0.05) is 30.1 Å². The van der Waals surface area contributed by atoms with Crippen LogP contribution in [-0.4, -0.2) is 27.1 Å². The summed E-state index contributed by atoms with van der Waals surface area (Å²) >= 11 is 0. The van der Waals surface area contributed by atoms with Crippen LogP contribution in [0, 0.1) is 5.92 Å². The van der Waals surface area contributed by atoms with Gasteiger partial charge in [0.1, 0.15) is 0 Å². The third-order valence-electron chi connectivity index (χ3n) is 6.21. The van der Waals surface area contributed by atoms with Crippen molar-refractivity contribution in [3.05, 3.63) is 83.1 Å². The highest BCUT2D eigenvalue weighted by Gasteiger charge is 2.48. The molecule has 2 amide bonds. The van der Waals surface area contributed by atoms with E-state index in [2.05, 4.69) is 10.6 Å². The maximum Gasteiger partial charge on any atom is 0.262 e. The predicted molar refractivity (Wildman–Crippen MR) is 103 cm³/mol. The van der Waals surface area contributed by atoms with Crippen molar-refractivity contribution in [2.24, 2.45) is 5.92 Å². The maximum atomic E-state index is 13.2. The second-order valence-electron chi connectivity index (χ2n) is 7.68. The third-order valence-corrected chi connectivity index (χ3v) is 6.21. The van der Waals surface area contributed by atoms with Crippen LogP contribution in [-0.2, 0) is 11.3 Å². The van der Waals surface area contributed by atoms with Crippen molar-refractivity contribution in [2.45, 2.75) is 19.0 Å². The molecular weight excluding hydrogens is 352 g/mol. The summed E-state index contributed by atoms with van der Waals surface area (Å²) in [6, 6.07) is 16.6. The Hall–Kier alpha value is -3.47. The van der Waals surface area contributed by atoms with Gasteiger partial charge in [-0.3, -0.25) is 19.3 Å². The van der Waals surface area contributed by atoms with E-state index in [1.54, 1.807) is 30.3 Å². The lowest BCUT2D eigenvalue weighted by molar-refractivity contribution is -0.114. The van der Waals surface area contributed by atoms with Crippen molar-refractivity contribution in [1.29, 1.82) is 0 Å². The Balaban J connectivity index is 1.59. The zero-order valence-electron chi connectivity index (χ0n) is 15.0. The van der Waals surface area contributed by atoms with Crippen molar-refractivity contribution in [2.75, 3.05) is 0 Å². The smallest absolute Gasteiger partial charge is 0.262 e. The molecule has 0 spiro atoms. The van der Waals surface area contributed by atoms with Crippen LogP contribution < -0.4 is 0 Å². The van der Waals surface area contributed by atoms with Crippen molar-refractivity contribution in [1.82, 2.24) is 9.47 Å². The number of imide groups is 1. The molecule has 3 aliphatic rings. The molecule has 5 nitrogen and oxygen atoms in total. The van der Waals surface area contributed by atoms with Crippen LogP contribution in [0.2, 0.25) is 0 Å². The molecule has 2 aromatic carbocycles. The van der Waals surface area contributed by atoms with Gasteiger partial charge >= 0.3 is 0 Å². The number of rotatable bonds is 1. The fourth-order valence-corrected chi connectivity index (χ4v) is 5.01. The monoisotopic (exact) mass is 368 g/mol. The van der Waals surface area contributed by atoms with Crippen LogP contribution in [0.15, 0.2) is 66.2 Å². The number of amides is 2. The van der Waals surface area contributed by atoms with E-state index in [9.17, 15) is 14.4 Å². The van der Waals surface area contributed by atoms with Crippen LogP contribution in [0.3, 0.4) is 0 Å². The summed E-state index contributed by atoms with van der Waals surface area (Å²) < 4.78 is 2.14. The van der Waals surface area contributed by atoms with E-state index in [1.807, 2.05) is 24.3 Å². The minimum atomic E-state index is -0.466. The Morgan fingerprint density at radius 1 is 0.857 bits per heavy atom. The number of nitrogens with zero attached hydrogens (tertiary/aromatic N) is 2. The Morgan fingerprint density at radius 3 is 2.29 bits per heavy atom. The molecule has 0 radical (unpaired) electrons. The van der Waals surface area contributed by atoms with Gasteiger partial charge in [0.05, 0.1) is 17.2 Å². The van der Waals surface area contributed by atoms with Crippen LogP contribution >= 0.6 is 0 Å². The standard InChI is InChI=1S/C23H16N2O3/c26-15-9-14-12-24-19-8-4-1-5-13(19)10-20(24)21(18(14)11-15)25-22(27)16-6-2-3-7-17(16)23(25)28/h1-10,18,21H,11-12H2/t18-,21+/m1/s1. The molecular formula is C23H16N2O3. The van der Waals surface area contributed by atoms with Crippen molar-refractivity contribution < 1.29 is 14.4 Å². The van der Waals surface area contributed by atoms with Crippen LogP contribution in [0.1, 0.15) is 38.9 Å². The highest BCUT2D eigenvalue weighted by molar-refractivity contribution is 6.21. The van der Waals surface area contributed by atoms with E-state index in [1.165, 1.54) is 4.90 Å². The molecule has 0 saturated heterocycles. The third kappa shape index (κ3) is 1.88. The van der Waals surface area contributed by atoms with E-state index in [4.69, 9.17) is 0 Å². The van der Waals surface area contributed by atoms with Gasteiger partial charge in [-0.2, -0.15) is 0 Å². The van der Waals surface area contributed by atoms with Gasteiger partial charge < -0.3 is 4.57 Å². The molecule has 0 bridgehead atoms. The van der Waals surface area contributed by atoms with Gasteiger partial charge in [0.15, 0.2) is 5.78 Å². The SMILES string of the molecule is O=C1C=C2Cn3c(cc4ccccc43)[C@@H](N3C(=O)c4ccccc4C3=O)[C@@H]2C1. The lowest BCUT2D eigenvalue weighted by Gasteiger charge is -2.37. The molecule has 0 saturated carbocycles. The average molecular weight is 368 g/mol. The largest absolute Gasteiger partial charge is 0.338 e. The molecule has 1 aliphatic carbocycles. The molecule has 28 heavy (non-hydrogen) atoms. The van der Waals surface area contributed by atoms with E-state index in [0.717, 1.165) is 22.2 Å². The van der Waals surface area contributed by atoms with E-state index in [0.29, 0.717) is 24.1 Å². The van der Waals surface area contributed by atoms with Crippen LogP contribution in [0.4, 0.5) is 0 Å². The van der Waals surface area contributed by atoms with Gasteiger partial charge in [-0.15, -0.1) is 0 Å². The first-order valence-electron chi connectivity index (χ1n) is 9.42. The first-order chi connectivity index (χ1) is 13.6. The fraction of sp³-hybridized carbons (Fsp3) is 0.174. The predicted octanol–water partition coefficient (Wildman–Crippen LogP) is 3.51. The molecule has 3 heterocycles. The zero-order valence-corrected chi connectivity index (χ0v) is 15.0. The lowest BCUT2D eigenvalue weighted by atomic mass is 9.86. The number of carbonyl (C=O) groups excluding carboxylic acids is 3. The number of allylic oxidation sites excluding steroid dienone is 1. The molecule has 2 atom stereocenters. The van der Waals surface area contributed by atoms with Gasteiger partial charge in [-0.05, 0) is 41.3 Å².